The molecule has 0 saturated carbocycles. The summed E-state index contributed by atoms with van der Waals surface area (Å²) < 4.78 is 5.81. The number of benzene rings is 2. The monoisotopic (exact) mass is 250 g/mol. The van der Waals surface area contributed by atoms with Gasteiger partial charge in [-0.15, -0.1) is 0 Å². The van der Waals surface area contributed by atoms with Crippen molar-refractivity contribution in [3.05, 3.63) is 48.0 Å². The Kier molecular flexibility index (Phi) is 2.30. The van der Waals surface area contributed by atoms with Gasteiger partial charge in [0.05, 0.1) is 0 Å². The minimum Gasteiger partial charge on any atom is -0.436 e. The second kappa shape index (κ2) is 4.12. The Hall–Kier alpha value is -2.29. The van der Waals surface area contributed by atoms with Gasteiger partial charge in [-0.3, -0.25) is 0 Å². The number of rotatable bonds is 1. The zero-order chi connectivity index (χ0) is 12.7. The molecule has 0 amide bonds. The molecule has 0 atom stereocenters. The van der Waals surface area contributed by atoms with E-state index in [1.165, 1.54) is 17.7 Å². The maximum Gasteiger partial charge on any atom is 0.227 e. The van der Waals surface area contributed by atoms with Gasteiger partial charge in [0.1, 0.15) is 5.52 Å². The first-order chi connectivity index (χ1) is 9.40. The molecule has 1 aliphatic heterocycles. The van der Waals surface area contributed by atoms with Crippen LogP contribution in [0.5, 0.6) is 0 Å². The van der Waals surface area contributed by atoms with Crippen LogP contribution in [0.25, 0.3) is 22.6 Å². The van der Waals surface area contributed by atoms with E-state index >= 15 is 0 Å². The summed E-state index contributed by atoms with van der Waals surface area (Å²) in [6.07, 6.45) is 2.35. The van der Waals surface area contributed by atoms with Gasteiger partial charge in [-0.25, -0.2) is 4.98 Å². The highest BCUT2D eigenvalue weighted by molar-refractivity contribution is 5.77. The zero-order valence-electron chi connectivity index (χ0n) is 10.5. The van der Waals surface area contributed by atoms with Gasteiger partial charge in [0, 0.05) is 17.8 Å². The maximum absolute atomic E-state index is 5.81. The number of para-hydroxylation sites is 2. The lowest BCUT2D eigenvalue weighted by Crippen LogP contribution is -2.11. The molecule has 3 nitrogen and oxygen atoms in total. The fourth-order valence-corrected chi connectivity index (χ4v) is 2.59. The number of anilines is 1. The lowest BCUT2D eigenvalue weighted by molar-refractivity contribution is 0.620. The quantitative estimate of drug-likeness (QED) is 0.712. The van der Waals surface area contributed by atoms with Crippen LogP contribution in [-0.2, 0) is 6.42 Å². The van der Waals surface area contributed by atoms with E-state index in [-0.39, 0.29) is 0 Å². The Balaban J connectivity index is 1.83. The van der Waals surface area contributed by atoms with E-state index in [0.29, 0.717) is 5.89 Å². The normalized spacial score (nSPS) is 14.1. The second-order valence-corrected chi connectivity index (χ2v) is 4.89. The van der Waals surface area contributed by atoms with Crippen molar-refractivity contribution in [3.63, 3.8) is 0 Å². The molecule has 3 heteroatoms. The molecule has 0 radical (unpaired) electrons. The summed E-state index contributed by atoms with van der Waals surface area (Å²) in [4.78, 5) is 4.54. The summed E-state index contributed by atoms with van der Waals surface area (Å²) in [7, 11) is 0. The number of nitrogens with one attached hydrogen (secondary N) is 1. The third-order valence-electron chi connectivity index (χ3n) is 3.59. The first-order valence-electron chi connectivity index (χ1n) is 6.63. The van der Waals surface area contributed by atoms with E-state index in [4.69, 9.17) is 4.42 Å². The molecule has 1 aromatic heterocycles. The minimum atomic E-state index is 0.691. The van der Waals surface area contributed by atoms with Crippen LogP contribution in [0.1, 0.15) is 12.0 Å². The summed E-state index contributed by atoms with van der Waals surface area (Å²) in [5, 5.41) is 3.44. The predicted molar refractivity (Wildman–Crippen MR) is 76.3 cm³/mol. The highest BCUT2D eigenvalue weighted by Crippen LogP contribution is 2.30. The zero-order valence-corrected chi connectivity index (χ0v) is 10.5. The highest BCUT2D eigenvalue weighted by atomic mass is 16.3. The third-order valence-corrected chi connectivity index (χ3v) is 3.59. The van der Waals surface area contributed by atoms with Gasteiger partial charge in [0.15, 0.2) is 5.58 Å². The largest absolute Gasteiger partial charge is 0.436 e. The standard InChI is InChI=1S/C16H14N2O/c1-2-6-15-13(5-1)18-16(19-15)12-8-7-11-4-3-9-17-14(11)10-12/h1-2,5-8,10,17H,3-4,9H2. The molecule has 0 unspecified atom stereocenters. The highest BCUT2D eigenvalue weighted by Gasteiger charge is 2.12. The fraction of sp³-hybridized carbons (Fsp3) is 0.188. The lowest BCUT2D eigenvalue weighted by Gasteiger charge is -2.18. The minimum absolute atomic E-state index is 0.691. The number of hydrogen-bond acceptors (Lipinski definition) is 3. The molecular weight excluding hydrogens is 236 g/mol. The van der Waals surface area contributed by atoms with Crippen molar-refractivity contribution in [2.45, 2.75) is 12.8 Å². The molecule has 19 heavy (non-hydrogen) atoms. The van der Waals surface area contributed by atoms with Crippen molar-refractivity contribution < 1.29 is 4.42 Å². The van der Waals surface area contributed by atoms with E-state index in [1.54, 1.807) is 0 Å². The Morgan fingerprint density at radius 1 is 1.11 bits per heavy atom. The summed E-state index contributed by atoms with van der Waals surface area (Å²) in [5.41, 5.74) is 5.37. The molecule has 94 valence electrons. The van der Waals surface area contributed by atoms with E-state index in [0.717, 1.165) is 29.6 Å². The van der Waals surface area contributed by atoms with Crippen LogP contribution in [0, 0.1) is 0 Å². The number of aryl methyl sites for hydroxylation is 1. The molecule has 0 fully saturated rings. The number of oxazole rings is 1. The maximum atomic E-state index is 5.81. The number of aromatic nitrogens is 1. The molecule has 4 rings (SSSR count). The molecule has 0 bridgehead atoms. The van der Waals surface area contributed by atoms with Gasteiger partial charge in [0.25, 0.3) is 0 Å². The van der Waals surface area contributed by atoms with E-state index in [9.17, 15) is 0 Å². The van der Waals surface area contributed by atoms with Gasteiger partial charge in [-0.05, 0) is 42.7 Å². The fourth-order valence-electron chi connectivity index (χ4n) is 2.59. The molecule has 1 N–H and O–H groups in total. The summed E-state index contributed by atoms with van der Waals surface area (Å²) in [6, 6.07) is 14.3. The van der Waals surface area contributed by atoms with Crippen LogP contribution in [0.3, 0.4) is 0 Å². The van der Waals surface area contributed by atoms with Crippen molar-refractivity contribution in [1.82, 2.24) is 4.98 Å². The van der Waals surface area contributed by atoms with Crippen LogP contribution in [0.4, 0.5) is 5.69 Å². The van der Waals surface area contributed by atoms with Crippen molar-refractivity contribution in [3.8, 4) is 11.5 Å². The number of nitrogens with zero attached hydrogens (tertiary/aromatic N) is 1. The topological polar surface area (TPSA) is 38.1 Å². The van der Waals surface area contributed by atoms with Crippen LogP contribution in [-0.4, -0.2) is 11.5 Å². The van der Waals surface area contributed by atoms with E-state index in [2.05, 4.69) is 28.5 Å². The van der Waals surface area contributed by atoms with Gasteiger partial charge >= 0.3 is 0 Å². The number of fused-ring (bicyclic) bond motifs is 2. The first kappa shape index (κ1) is 10.6. The molecular formula is C16H14N2O. The van der Waals surface area contributed by atoms with Crippen molar-refractivity contribution in [2.24, 2.45) is 0 Å². The van der Waals surface area contributed by atoms with Gasteiger partial charge in [-0.1, -0.05) is 18.2 Å². The van der Waals surface area contributed by atoms with Crippen LogP contribution >= 0.6 is 0 Å². The van der Waals surface area contributed by atoms with Crippen molar-refractivity contribution >= 4 is 16.8 Å². The molecule has 2 aromatic carbocycles. The predicted octanol–water partition coefficient (Wildman–Crippen LogP) is 3.85. The van der Waals surface area contributed by atoms with Crippen LogP contribution in [0.2, 0.25) is 0 Å². The molecule has 2 heterocycles. The molecule has 0 saturated heterocycles. The Morgan fingerprint density at radius 3 is 3.00 bits per heavy atom. The molecule has 3 aromatic rings. The molecule has 1 aliphatic rings. The summed E-state index contributed by atoms with van der Waals surface area (Å²) in [5.74, 6) is 0.691. The van der Waals surface area contributed by atoms with Gasteiger partial charge in [0.2, 0.25) is 5.89 Å². The third kappa shape index (κ3) is 1.78. The summed E-state index contributed by atoms with van der Waals surface area (Å²) in [6.45, 7) is 1.05. The van der Waals surface area contributed by atoms with Gasteiger partial charge < -0.3 is 9.73 Å². The SMILES string of the molecule is c1ccc2oc(-c3ccc4c(c3)NCCC4)nc2c1. The molecule has 0 aliphatic carbocycles. The van der Waals surface area contributed by atoms with Crippen LogP contribution in [0.15, 0.2) is 46.9 Å². The molecule has 0 spiro atoms. The lowest BCUT2D eigenvalue weighted by atomic mass is 10.0. The Bertz CT molecular complexity index is 712. The number of hydrogen-bond donors (Lipinski definition) is 1. The summed E-state index contributed by atoms with van der Waals surface area (Å²) >= 11 is 0. The van der Waals surface area contributed by atoms with Crippen molar-refractivity contribution in [2.75, 3.05) is 11.9 Å². The smallest absolute Gasteiger partial charge is 0.227 e. The van der Waals surface area contributed by atoms with E-state index < -0.39 is 0 Å². The first-order valence-corrected chi connectivity index (χ1v) is 6.63. The average molecular weight is 250 g/mol. The van der Waals surface area contributed by atoms with Crippen molar-refractivity contribution in [1.29, 1.82) is 0 Å². The second-order valence-electron chi connectivity index (χ2n) is 4.89. The Morgan fingerprint density at radius 2 is 2.05 bits per heavy atom. The van der Waals surface area contributed by atoms with Gasteiger partial charge in [-0.2, -0.15) is 0 Å². The average Bonchev–Trinajstić information content (AvgIpc) is 2.90. The Labute approximate surface area is 111 Å². The van der Waals surface area contributed by atoms with E-state index in [1.807, 2.05) is 24.3 Å². The van der Waals surface area contributed by atoms with Crippen LogP contribution < -0.4 is 5.32 Å².